The van der Waals surface area contributed by atoms with Gasteiger partial charge in [0.1, 0.15) is 5.76 Å². The second kappa shape index (κ2) is 6.95. The predicted octanol–water partition coefficient (Wildman–Crippen LogP) is 2.63. The Hall–Kier alpha value is -2.61. The van der Waals surface area contributed by atoms with Crippen molar-refractivity contribution in [2.45, 2.75) is 12.8 Å². The summed E-state index contributed by atoms with van der Waals surface area (Å²) in [5.41, 5.74) is 0.841. The number of nitrogens with one attached hydrogen (secondary N) is 2. The highest BCUT2D eigenvalue weighted by Crippen LogP contribution is 2.31. The molecule has 2 aromatic heterocycles. The quantitative estimate of drug-likeness (QED) is 0.668. The van der Waals surface area contributed by atoms with Crippen LogP contribution in [0.25, 0.3) is 10.9 Å². The van der Waals surface area contributed by atoms with Gasteiger partial charge in [-0.25, -0.2) is 0 Å². The van der Waals surface area contributed by atoms with Crippen molar-refractivity contribution < 1.29 is 14.0 Å². The first-order valence-corrected chi connectivity index (χ1v) is 9.15. The molecule has 0 aliphatic carbocycles. The summed E-state index contributed by atoms with van der Waals surface area (Å²) in [5, 5.41) is 11.0. The smallest absolute Gasteiger partial charge is 0.229 e. The summed E-state index contributed by atoms with van der Waals surface area (Å²) in [5.74, 6) is 0.816. The zero-order valence-electron chi connectivity index (χ0n) is 13.9. The number of benzene rings is 1. The van der Waals surface area contributed by atoms with Crippen LogP contribution in [0.15, 0.2) is 45.5 Å². The van der Waals surface area contributed by atoms with Crippen LogP contribution < -0.4 is 10.2 Å². The molecular weight excluding hydrogens is 400 g/mol. The Morgan fingerprint density at radius 1 is 1.42 bits per heavy atom. The molecule has 0 spiro atoms. The molecule has 7 nitrogen and oxygen atoms in total. The van der Waals surface area contributed by atoms with E-state index in [0.29, 0.717) is 25.3 Å². The zero-order chi connectivity index (χ0) is 18.1. The number of aromatic amines is 1. The summed E-state index contributed by atoms with van der Waals surface area (Å²) in [6.07, 6.45) is 2.43. The van der Waals surface area contributed by atoms with E-state index >= 15 is 0 Å². The lowest BCUT2D eigenvalue weighted by Gasteiger charge is -2.14. The molecule has 0 bridgehead atoms. The average molecular weight is 417 g/mol. The molecule has 134 valence electrons. The van der Waals surface area contributed by atoms with Crippen molar-refractivity contribution in [2.75, 3.05) is 18.0 Å². The highest BCUT2D eigenvalue weighted by Gasteiger charge is 2.36. The molecule has 26 heavy (non-hydrogen) atoms. The number of carbonyl (C=O) groups is 2. The maximum atomic E-state index is 12.4. The molecule has 0 radical (unpaired) electrons. The molecular formula is C18H17BrN4O3. The van der Waals surface area contributed by atoms with E-state index in [2.05, 4.69) is 31.4 Å². The minimum Gasteiger partial charge on any atom is -0.469 e. The van der Waals surface area contributed by atoms with Gasteiger partial charge >= 0.3 is 0 Å². The van der Waals surface area contributed by atoms with Crippen LogP contribution in [0.5, 0.6) is 0 Å². The number of hydrogen-bond donors (Lipinski definition) is 2. The maximum Gasteiger partial charge on any atom is 0.229 e. The Labute approximate surface area is 157 Å². The van der Waals surface area contributed by atoms with Gasteiger partial charge in [0.15, 0.2) is 5.82 Å². The minimum absolute atomic E-state index is 0.0903. The average Bonchev–Trinajstić information content (AvgIpc) is 3.34. The lowest BCUT2D eigenvalue weighted by molar-refractivity contribution is -0.126. The summed E-state index contributed by atoms with van der Waals surface area (Å²) in [7, 11) is 0. The molecule has 1 unspecified atom stereocenters. The number of aromatic nitrogens is 2. The van der Waals surface area contributed by atoms with E-state index in [4.69, 9.17) is 4.42 Å². The van der Waals surface area contributed by atoms with Crippen molar-refractivity contribution in [1.82, 2.24) is 15.5 Å². The first-order valence-electron chi connectivity index (χ1n) is 8.36. The van der Waals surface area contributed by atoms with E-state index in [1.54, 1.807) is 11.2 Å². The largest absolute Gasteiger partial charge is 0.469 e. The summed E-state index contributed by atoms with van der Waals surface area (Å²) >= 11 is 3.42. The molecule has 1 aliphatic heterocycles. The van der Waals surface area contributed by atoms with Crippen LogP contribution in [0.1, 0.15) is 12.2 Å². The summed E-state index contributed by atoms with van der Waals surface area (Å²) < 4.78 is 6.18. The predicted molar refractivity (Wildman–Crippen MR) is 99.7 cm³/mol. The molecule has 4 rings (SSSR count). The second-order valence-electron chi connectivity index (χ2n) is 6.26. The number of H-pyrrole nitrogens is 1. The van der Waals surface area contributed by atoms with Gasteiger partial charge in [0.25, 0.3) is 0 Å². The van der Waals surface area contributed by atoms with E-state index in [0.717, 1.165) is 21.1 Å². The molecule has 1 aromatic carbocycles. The van der Waals surface area contributed by atoms with Crippen molar-refractivity contribution in [3.05, 3.63) is 46.8 Å². The first-order chi connectivity index (χ1) is 12.6. The molecule has 2 amide bonds. The number of anilines is 1. The Morgan fingerprint density at radius 3 is 3.12 bits per heavy atom. The summed E-state index contributed by atoms with van der Waals surface area (Å²) in [6.45, 7) is 0.817. The van der Waals surface area contributed by atoms with Crippen LogP contribution in [-0.4, -0.2) is 35.1 Å². The van der Waals surface area contributed by atoms with Crippen molar-refractivity contribution in [3.63, 3.8) is 0 Å². The van der Waals surface area contributed by atoms with E-state index < -0.39 is 0 Å². The molecule has 3 aromatic rings. The third-order valence-electron chi connectivity index (χ3n) is 4.51. The normalized spacial score (nSPS) is 17.2. The lowest BCUT2D eigenvalue weighted by atomic mass is 10.1. The number of fused-ring (bicyclic) bond motifs is 1. The second-order valence-corrected chi connectivity index (χ2v) is 7.18. The summed E-state index contributed by atoms with van der Waals surface area (Å²) in [4.78, 5) is 26.4. The lowest BCUT2D eigenvalue weighted by Crippen LogP contribution is -2.34. The molecule has 0 saturated carbocycles. The number of halogens is 1. The van der Waals surface area contributed by atoms with Crippen molar-refractivity contribution in [3.8, 4) is 0 Å². The number of amides is 2. The van der Waals surface area contributed by atoms with Gasteiger partial charge in [-0.1, -0.05) is 15.9 Å². The number of rotatable bonds is 5. The fourth-order valence-electron chi connectivity index (χ4n) is 3.18. The van der Waals surface area contributed by atoms with E-state index in [1.807, 2.05) is 30.3 Å². The van der Waals surface area contributed by atoms with Crippen LogP contribution in [0.4, 0.5) is 5.82 Å². The van der Waals surface area contributed by atoms with Gasteiger partial charge in [-0.2, -0.15) is 5.10 Å². The fourth-order valence-corrected chi connectivity index (χ4v) is 3.54. The number of carbonyl (C=O) groups excluding carboxylic acids is 2. The summed E-state index contributed by atoms with van der Waals surface area (Å²) in [6, 6.07) is 9.40. The third-order valence-corrected chi connectivity index (χ3v) is 5.00. The van der Waals surface area contributed by atoms with Crippen LogP contribution in [0, 0.1) is 5.92 Å². The Balaban J connectivity index is 1.42. The fraction of sp³-hybridized carbons (Fsp3) is 0.278. The topological polar surface area (TPSA) is 91.2 Å². The molecule has 3 heterocycles. The Bertz CT molecular complexity index is 951. The van der Waals surface area contributed by atoms with Crippen LogP contribution >= 0.6 is 15.9 Å². The van der Waals surface area contributed by atoms with Gasteiger partial charge in [0.2, 0.25) is 11.8 Å². The molecule has 2 N–H and O–H groups in total. The highest BCUT2D eigenvalue weighted by molar-refractivity contribution is 9.10. The minimum atomic E-state index is -0.374. The number of hydrogen-bond acceptors (Lipinski definition) is 4. The molecule has 1 aliphatic rings. The first kappa shape index (κ1) is 16.8. The van der Waals surface area contributed by atoms with Crippen molar-refractivity contribution in [2.24, 2.45) is 5.92 Å². The standard InChI is InChI=1S/C18H17BrN4O3/c19-12-3-4-14-15(9-12)21-22-17(14)23-10-11(8-16(23)24)18(25)20-6-5-13-2-1-7-26-13/h1-4,7,9,11H,5-6,8,10H2,(H,20,25)(H,21,22). The molecule has 1 fully saturated rings. The Kier molecular flexibility index (Phi) is 4.50. The number of nitrogens with zero attached hydrogens (tertiary/aromatic N) is 2. The van der Waals surface area contributed by atoms with E-state index in [-0.39, 0.29) is 24.2 Å². The van der Waals surface area contributed by atoms with E-state index in [9.17, 15) is 9.59 Å². The monoisotopic (exact) mass is 416 g/mol. The van der Waals surface area contributed by atoms with Crippen LogP contribution in [0.3, 0.4) is 0 Å². The Morgan fingerprint density at radius 2 is 2.31 bits per heavy atom. The molecule has 1 atom stereocenters. The molecule has 1 saturated heterocycles. The van der Waals surface area contributed by atoms with Gasteiger partial charge in [-0.3, -0.25) is 19.6 Å². The maximum absolute atomic E-state index is 12.4. The SMILES string of the molecule is O=C(NCCc1ccco1)C1CC(=O)N(c2n[nH]c3cc(Br)ccc23)C1. The highest BCUT2D eigenvalue weighted by atomic mass is 79.9. The zero-order valence-corrected chi connectivity index (χ0v) is 15.5. The van der Waals surface area contributed by atoms with Gasteiger partial charge in [-0.05, 0) is 30.3 Å². The van der Waals surface area contributed by atoms with Gasteiger partial charge in [0, 0.05) is 35.8 Å². The molecule has 8 heteroatoms. The van der Waals surface area contributed by atoms with Crippen LogP contribution in [0.2, 0.25) is 0 Å². The van der Waals surface area contributed by atoms with Gasteiger partial charge in [-0.15, -0.1) is 0 Å². The van der Waals surface area contributed by atoms with Crippen molar-refractivity contribution in [1.29, 1.82) is 0 Å². The van der Waals surface area contributed by atoms with Gasteiger partial charge < -0.3 is 9.73 Å². The van der Waals surface area contributed by atoms with E-state index in [1.165, 1.54) is 0 Å². The van der Waals surface area contributed by atoms with Crippen molar-refractivity contribution >= 4 is 44.5 Å². The number of furan rings is 1. The van der Waals surface area contributed by atoms with Crippen LogP contribution in [-0.2, 0) is 16.0 Å². The van der Waals surface area contributed by atoms with Gasteiger partial charge in [0.05, 0.1) is 17.7 Å². The third kappa shape index (κ3) is 3.24.